The van der Waals surface area contributed by atoms with Gasteiger partial charge < -0.3 is 10.6 Å². The fraction of sp³-hybridized carbons (Fsp3) is 0.500. The number of benzene rings is 1. The van der Waals surface area contributed by atoms with Crippen molar-refractivity contribution in [2.24, 2.45) is 5.41 Å². The largest absolute Gasteiger partial charge is 0.384 e. The van der Waals surface area contributed by atoms with Gasteiger partial charge in [0.25, 0.3) is 0 Å². The molecule has 3 nitrogen and oxygen atoms in total. The van der Waals surface area contributed by atoms with Crippen molar-refractivity contribution >= 4 is 5.69 Å². The predicted octanol–water partition coefficient (Wildman–Crippen LogP) is 2.36. The first-order chi connectivity index (χ1) is 8.28. The van der Waals surface area contributed by atoms with E-state index in [1.807, 2.05) is 31.3 Å². The molecule has 1 fully saturated rings. The summed E-state index contributed by atoms with van der Waals surface area (Å²) in [7, 11) is 2.01. The number of nitriles is 1. The molecule has 0 atom stereocenters. The van der Waals surface area contributed by atoms with Crippen LogP contribution in [-0.4, -0.2) is 20.1 Å². The molecule has 0 aliphatic heterocycles. The van der Waals surface area contributed by atoms with E-state index in [2.05, 4.69) is 16.7 Å². The second-order valence-corrected chi connectivity index (χ2v) is 4.93. The zero-order valence-electron chi connectivity index (χ0n) is 10.3. The van der Waals surface area contributed by atoms with Crippen LogP contribution in [0.1, 0.15) is 24.8 Å². The molecule has 0 saturated heterocycles. The Labute approximate surface area is 103 Å². The minimum Gasteiger partial charge on any atom is -0.384 e. The molecule has 0 heterocycles. The summed E-state index contributed by atoms with van der Waals surface area (Å²) in [6.07, 6.45) is 3.92. The Morgan fingerprint density at radius 2 is 2.18 bits per heavy atom. The molecule has 0 radical (unpaired) electrons. The van der Waals surface area contributed by atoms with Crippen LogP contribution in [0.2, 0.25) is 0 Å². The third-order valence-corrected chi connectivity index (χ3v) is 3.63. The lowest BCUT2D eigenvalue weighted by Crippen LogP contribution is -2.44. The predicted molar refractivity (Wildman–Crippen MR) is 69.9 cm³/mol. The average Bonchev–Trinajstić information content (AvgIpc) is 2.33. The van der Waals surface area contributed by atoms with Crippen LogP contribution in [0.4, 0.5) is 5.69 Å². The normalized spacial score (nSPS) is 16.9. The van der Waals surface area contributed by atoms with Crippen molar-refractivity contribution in [3.8, 4) is 6.07 Å². The standard InChI is InChI=1S/C14H19N3/c1-16-10-14(6-3-7-14)11-17-13-5-2-4-12(8-13)9-15/h2,4-5,8,16-17H,3,6-7,10-11H2,1H3. The molecule has 2 rings (SSSR count). The fourth-order valence-electron chi connectivity index (χ4n) is 2.46. The maximum absolute atomic E-state index is 8.84. The van der Waals surface area contributed by atoms with Gasteiger partial charge in [-0.05, 0) is 38.1 Å². The molecule has 1 aliphatic carbocycles. The van der Waals surface area contributed by atoms with Crippen molar-refractivity contribution in [2.45, 2.75) is 19.3 Å². The highest BCUT2D eigenvalue weighted by atomic mass is 14.9. The summed E-state index contributed by atoms with van der Waals surface area (Å²) in [5.74, 6) is 0. The van der Waals surface area contributed by atoms with Crippen molar-refractivity contribution in [3.63, 3.8) is 0 Å². The van der Waals surface area contributed by atoms with E-state index >= 15 is 0 Å². The van der Waals surface area contributed by atoms with Crippen molar-refractivity contribution in [2.75, 3.05) is 25.5 Å². The van der Waals surface area contributed by atoms with Gasteiger partial charge in [0.05, 0.1) is 11.6 Å². The molecule has 90 valence electrons. The molecule has 0 unspecified atom stereocenters. The smallest absolute Gasteiger partial charge is 0.0992 e. The topological polar surface area (TPSA) is 47.8 Å². The number of nitrogens with one attached hydrogen (secondary N) is 2. The maximum Gasteiger partial charge on any atom is 0.0992 e. The molecule has 0 aromatic heterocycles. The highest BCUT2D eigenvalue weighted by Gasteiger charge is 2.35. The fourth-order valence-corrected chi connectivity index (χ4v) is 2.46. The molecule has 17 heavy (non-hydrogen) atoms. The van der Waals surface area contributed by atoms with Gasteiger partial charge in [-0.1, -0.05) is 12.5 Å². The van der Waals surface area contributed by atoms with Crippen LogP contribution in [0.15, 0.2) is 24.3 Å². The van der Waals surface area contributed by atoms with E-state index in [-0.39, 0.29) is 0 Å². The van der Waals surface area contributed by atoms with Gasteiger partial charge in [0.1, 0.15) is 0 Å². The molecule has 3 heteroatoms. The van der Waals surface area contributed by atoms with Gasteiger partial charge in [0, 0.05) is 24.2 Å². The summed E-state index contributed by atoms with van der Waals surface area (Å²) in [4.78, 5) is 0. The zero-order valence-corrected chi connectivity index (χ0v) is 10.3. The zero-order chi connectivity index (χ0) is 12.1. The molecule has 0 amide bonds. The Kier molecular flexibility index (Phi) is 3.65. The van der Waals surface area contributed by atoms with Crippen molar-refractivity contribution in [3.05, 3.63) is 29.8 Å². The van der Waals surface area contributed by atoms with Gasteiger partial charge in [-0.25, -0.2) is 0 Å². The molecule has 2 N–H and O–H groups in total. The molecule has 1 aromatic rings. The van der Waals surface area contributed by atoms with E-state index < -0.39 is 0 Å². The summed E-state index contributed by atoms with van der Waals surface area (Å²) in [5.41, 5.74) is 2.18. The van der Waals surface area contributed by atoms with E-state index in [9.17, 15) is 0 Å². The Hall–Kier alpha value is -1.53. The monoisotopic (exact) mass is 229 g/mol. The molecule has 1 aliphatic rings. The van der Waals surface area contributed by atoms with E-state index in [0.717, 1.165) is 18.8 Å². The molecule has 1 saturated carbocycles. The number of anilines is 1. The highest BCUT2D eigenvalue weighted by molar-refractivity contribution is 5.49. The molecule has 0 spiro atoms. The first-order valence-electron chi connectivity index (χ1n) is 6.17. The molecule has 1 aromatic carbocycles. The van der Waals surface area contributed by atoms with Crippen LogP contribution in [0.3, 0.4) is 0 Å². The van der Waals surface area contributed by atoms with Gasteiger partial charge >= 0.3 is 0 Å². The summed E-state index contributed by atoms with van der Waals surface area (Å²) in [6.45, 7) is 2.06. The second kappa shape index (κ2) is 5.20. The third kappa shape index (κ3) is 2.78. The molecular weight excluding hydrogens is 210 g/mol. The summed E-state index contributed by atoms with van der Waals surface area (Å²) < 4.78 is 0. The van der Waals surface area contributed by atoms with Crippen LogP contribution < -0.4 is 10.6 Å². The minimum atomic E-state index is 0.414. The minimum absolute atomic E-state index is 0.414. The second-order valence-electron chi connectivity index (χ2n) is 4.93. The highest BCUT2D eigenvalue weighted by Crippen LogP contribution is 2.40. The van der Waals surface area contributed by atoms with Gasteiger partial charge in [0.2, 0.25) is 0 Å². The molecular formula is C14H19N3. The average molecular weight is 229 g/mol. The SMILES string of the molecule is CNCC1(CNc2cccc(C#N)c2)CCC1. The van der Waals surface area contributed by atoms with Gasteiger partial charge in [-0.3, -0.25) is 0 Å². The van der Waals surface area contributed by atoms with Crippen LogP contribution >= 0.6 is 0 Å². The lowest BCUT2D eigenvalue weighted by atomic mass is 9.68. The maximum atomic E-state index is 8.84. The third-order valence-electron chi connectivity index (χ3n) is 3.63. The Balaban J connectivity index is 1.95. The first-order valence-corrected chi connectivity index (χ1v) is 6.17. The Morgan fingerprint density at radius 1 is 1.35 bits per heavy atom. The number of hydrogen-bond donors (Lipinski definition) is 2. The van der Waals surface area contributed by atoms with E-state index in [1.165, 1.54) is 19.3 Å². The summed E-state index contributed by atoms with van der Waals surface area (Å²) in [5, 5.41) is 15.6. The quantitative estimate of drug-likeness (QED) is 0.815. The lowest BCUT2D eigenvalue weighted by molar-refractivity contribution is 0.151. The van der Waals surface area contributed by atoms with Crippen molar-refractivity contribution in [1.82, 2.24) is 5.32 Å². The van der Waals surface area contributed by atoms with Crippen molar-refractivity contribution in [1.29, 1.82) is 5.26 Å². The van der Waals surface area contributed by atoms with E-state index in [4.69, 9.17) is 5.26 Å². The van der Waals surface area contributed by atoms with Gasteiger partial charge in [-0.15, -0.1) is 0 Å². The van der Waals surface area contributed by atoms with Crippen LogP contribution in [-0.2, 0) is 0 Å². The first kappa shape index (κ1) is 11.9. The van der Waals surface area contributed by atoms with Gasteiger partial charge in [0.15, 0.2) is 0 Å². The Bertz CT molecular complexity index is 416. The summed E-state index contributed by atoms with van der Waals surface area (Å²) >= 11 is 0. The van der Waals surface area contributed by atoms with Crippen molar-refractivity contribution < 1.29 is 0 Å². The summed E-state index contributed by atoms with van der Waals surface area (Å²) in [6, 6.07) is 9.85. The van der Waals surface area contributed by atoms with Crippen LogP contribution in [0.25, 0.3) is 0 Å². The van der Waals surface area contributed by atoms with E-state index in [1.54, 1.807) is 0 Å². The van der Waals surface area contributed by atoms with E-state index in [0.29, 0.717) is 11.0 Å². The number of hydrogen-bond acceptors (Lipinski definition) is 3. The number of rotatable bonds is 5. The van der Waals surface area contributed by atoms with Crippen LogP contribution in [0, 0.1) is 16.7 Å². The van der Waals surface area contributed by atoms with Crippen LogP contribution in [0.5, 0.6) is 0 Å². The lowest BCUT2D eigenvalue weighted by Gasteiger charge is -2.42. The Morgan fingerprint density at radius 3 is 2.76 bits per heavy atom. The number of nitrogens with zero attached hydrogens (tertiary/aromatic N) is 1. The van der Waals surface area contributed by atoms with Gasteiger partial charge in [-0.2, -0.15) is 5.26 Å². The molecule has 0 bridgehead atoms.